The number of carbonyl (C=O) groups excluding carboxylic acids is 1. The summed E-state index contributed by atoms with van der Waals surface area (Å²) in [6.07, 6.45) is 32.0. The first-order chi connectivity index (χ1) is 33.6. The standard InChI is InChI=1S/C55H100O14/c1-3-5-7-9-11-13-15-17-19-21-22-23-24-26-28-30-32-34-36-38-47(57)67-44(41-64-39-37-35-33-31-29-27-25-20-18-16-14-12-10-8-6-4-2)42-65-54-53(63)51(61)49(59)46(69-54)43-66-55-52(62)50(60)48(58)45(40-56)68-55/h6,8,12,14,18,20,44-46,48-56,58-63H,3-5,7,9-11,13,15-17,19,21-43H2,1-2H3/b8-6-,14-12-,20-18-. The van der Waals surface area contributed by atoms with Crippen LogP contribution in [-0.4, -0.2) is 142 Å². The minimum absolute atomic E-state index is 0.0551. The van der Waals surface area contributed by atoms with E-state index in [1.54, 1.807) is 0 Å². The Bertz CT molecular complexity index is 1280. The molecule has 0 aromatic carbocycles. The molecule has 2 fully saturated rings. The van der Waals surface area contributed by atoms with Crippen molar-refractivity contribution < 1.29 is 69.0 Å². The molecule has 11 unspecified atom stereocenters. The van der Waals surface area contributed by atoms with Crippen LogP contribution in [0.1, 0.15) is 206 Å². The van der Waals surface area contributed by atoms with Crippen molar-refractivity contribution in [3.8, 4) is 0 Å². The maximum atomic E-state index is 13.0. The molecule has 2 heterocycles. The van der Waals surface area contributed by atoms with Crippen LogP contribution < -0.4 is 0 Å². The van der Waals surface area contributed by atoms with Gasteiger partial charge in [0.15, 0.2) is 12.6 Å². The summed E-state index contributed by atoms with van der Waals surface area (Å²) in [4.78, 5) is 13.0. The Morgan fingerprint density at radius 3 is 1.48 bits per heavy atom. The van der Waals surface area contributed by atoms with Crippen LogP contribution in [0, 0.1) is 0 Å². The van der Waals surface area contributed by atoms with Gasteiger partial charge in [0.1, 0.15) is 54.9 Å². The fourth-order valence-corrected chi connectivity index (χ4v) is 8.71. The molecule has 14 nitrogen and oxygen atoms in total. The van der Waals surface area contributed by atoms with E-state index < -0.39 is 80.7 Å². The van der Waals surface area contributed by atoms with Gasteiger partial charge in [0.05, 0.1) is 26.4 Å². The van der Waals surface area contributed by atoms with Gasteiger partial charge in [0, 0.05) is 13.0 Å². The average Bonchev–Trinajstić information content (AvgIpc) is 3.35. The molecule has 69 heavy (non-hydrogen) atoms. The largest absolute Gasteiger partial charge is 0.457 e. The molecule has 2 aliphatic heterocycles. The molecule has 0 aromatic rings. The maximum absolute atomic E-state index is 13.0. The Morgan fingerprint density at radius 2 is 0.942 bits per heavy atom. The monoisotopic (exact) mass is 985 g/mol. The van der Waals surface area contributed by atoms with Gasteiger partial charge in [-0.15, -0.1) is 0 Å². The smallest absolute Gasteiger partial charge is 0.306 e. The van der Waals surface area contributed by atoms with Gasteiger partial charge in [0.2, 0.25) is 0 Å². The van der Waals surface area contributed by atoms with Crippen LogP contribution >= 0.6 is 0 Å². The lowest BCUT2D eigenvalue weighted by molar-refractivity contribution is -0.332. The highest BCUT2D eigenvalue weighted by atomic mass is 16.7. The Kier molecular flexibility index (Phi) is 39.2. The molecule has 2 aliphatic rings. The molecule has 7 N–H and O–H groups in total. The molecule has 0 aromatic heterocycles. The number of esters is 1. The van der Waals surface area contributed by atoms with Gasteiger partial charge in [-0.05, 0) is 44.9 Å². The van der Waals surface area contributed by atoms with Gasteiger partial charge in [-0.25, -0.2) is 0 Å². The van der Waals surface area contributed by atoms with Crippen molar-refractivity contribution >= 4 is 5.97 Å². The number of hydrogen-bond acceptors (Lipinski definition) is 14. The Balaban J connectivity index is 1.74. The second-order valence-corrected chi connectivity index (χ2v) is 19.4. The van der Waals surface area contributed by atoms with Gasteiger partial charge < -0.3 is 64.2 Å². The predicted molar refractivity (Wildman–Crippen MR) is 270 cm³/mol. The second kappa shape index (κ2) is 42.7. The highest BCUT2D eigenvalue weighted by Gasteiger charge is 2.47. The van der Waals surface area contributed by atoms with Crippen molar-refractivity contribution in [2.45, 2.75) is 274 Å². The first kappa shape index (κ1) is 63.3. The van der Waals surface area contributed by atoms with Gasteiger partial charge in [0.25, 0.3) is 0 Å². The van der Waals surface area contributed by atoms with Crippen molar-refractivity contribution in [1.29, 1.82) is 0 Å². The Morgan fingerprint density at radius 1 is 0.493 bits per heavy atom. The van der Waals surface area contributed by atoms with Crippen molar-refractivity contribution in [3.05, 3.63) is 36.5 Å². The number of aliphatic hydroxyl groups excluding tert-OH is 7. The molecular formula is C55H100O14. The van der Waals surface area contributed by atoms with E-state index in [0.717, 1.165) is 70.6 Å². The Labute approximate surface area is 417 Å². The van der Waals surface area contributed by atoms with Crippen LogP contribution in [-0.2, 0) is 33.2 Å². The summed E-state index contributed by atoms with van der Waals surface area (Å²) in [5.74, 6) is -0.378. The van der Waals surface area contributed by atoms with Gasteiger partial charge in [-0.2, -0.15) is 0 Å². The summed E-state index contributed by atoms with van der Waals surface area (Å²) in [5.41, 5.74) is 0. The lowest BCUT2D eigenvalue weighted by Crippen LogP contribution is -2.61. The minimum Gasteiger partial charge on any atom is -0.457 e. The van der Waals surface area contributed by atoms with Crippen molar-refractivity contribution in [1.82, 2.24) is 0 Å². The quantitative estimate of drug-likeness (QED) is 0.0173. The molecular weight excluding hydrogens is 885 g/mol. The summed E-state index contributed by atoms with van der Waals surface area (Å²) in [7, 11) is 0. The van der Waals surface area contributed by atoms with Gasteiger partial charge in [-0.1, -0.05) is 192 Å². The van der Waals surface area contributed by atoms with E-state index in [0.29, 0.717) is 13.0 Å². The first-order valence-electron chi connectivity index (χ1n) is 27.6. The highest BCUT2D eigenvalue weighted by Crippen LogP contribution is 2.26. The van der Waals surface area contributed by atoms with Crippen LogP contribution in [0.2, 0.25) is 0 Å². The molecule has 11 atom stereocenters. The molecule has 2 saturated heterocycles. The molecule has 14 heteroatoms. The summed E-state index contributed by atoms with van der Waals surface area (Å²) < 4.78 is 34.3. The first-order valence-corrected chi connectivity index (χ1v) is 27.6. The minimum atomic E-state index is -1.71. The fourth-order valence-electron chi connectivity index (χ4n) is 8.71. The zero-order valence-corrected chi connectivity index (χ0v) is 43.1. The van der Waals surface area contributed by atoms with Crippen LogP contribution in [0.15, 0.2) is 36.5 Å². The lowest BCUT2D eigenvalue weighted by atomic mass is 9.98. The lowest BCUT2D eigenvalue weighted by Gasteiger charge is -2.42. The predicted octanol–water partition coefficient (Wildman–Crippen LogP) is 8.97. The molecule has 2 rings (SSSR count). The van der Waals surface area contributed by atoms with Crippen molar-refractivity contribution in [3.63, 3.8) is 0 Å². The van der Waals surface area contributed by atoms with E-state index >= 15 is 0 Å². The molecule has 0 bridgehead atoms. The summed E-state index contributed by atoms with van der Waals surface area (Å²) >= 11 is 0. The van der Waals surface area contributed by atoms with Gasteiger partial charge in [-0.3, -0.25) is 4.79 Å². The normalized spacial score (nSPS) is 25.9. The van der Waals surface area contributed by atoms with Crippen LogP contribution in [0.4, 0.5) is 0 Å². The third kappa shape index (κ3) is 30.1. The summed E-state index contributed by atoms with van der Waals surface area (Å²) in [6, 6.07) is 0. The topological polar surface area (TPSA) is 214 Å². The number of rotatable bonds is 44. The second-order valence-electron chi connectivity index (χ2n) is 19.4. The third-order valence-electron chi connectivity index (χ3n) is 13.2. The Hall–Kier alpha value is -1.79. The number of ether oxygens (including phenoxy) is 6. The maximum Gasteiger partial charge on any atom is 0.306 e. The number of aliphatic hydroxyl groups is 7. The zero-order valence-electron chi connectivity index (χ0n) is 43.1. The zero-order chi connectivity index (χ0) is 50.2. The van der Waals surface area contributed by atoms with Crippen LogP contribution in [0.3, 0.4) is 0 Å². The molecule has 0 amide bonds. The van der Waals surface area contributed by atoms with E-state index in [4.69, 9.17) is 28.4 Å². The van der Waals surface area contributed by atoms with E-state index in [2.05, 4.69) is 50.3 Å². The summed E-state index contributed by atoms with van der Waals surface area (Å²) in [5, 5.41) is 72.2. The fraction of sp³-hybridized carbons (Fsp3) is 0.873. The van der Waals surface area contributed by atoms with Crippen LogP contribution in [0.25, 0.3) is 0 Å². The van der Waals surface area contributed by atoms with Crippen molar-refractivity contribution in [2.24, 2.45) is 0 Å². The highest BCUT2D eigenvalue weighted by molar-refractivity contribution is 5.69. The number of hydrogen-bond donors (Lipinski definition) is 7. The third-order valence-corrected chi connectivity index (χ3v) is 13.2. The van der Waals surface area contributed by atoms with Crippen LogP contribution in [0.5, 0.6) is 0 Å². The number of unbranched alkanes of at least 4 members (excludes halogenated alkanes) is 24. The van der Waals surface area contributed by atoms with E-state index in [1.807, 2.05) is 0 Å². The number of allylic oxidation sites excluding steroid dienone is 6. The molecule has 0 radical (unpaired) electrons. The summed E-state index contributed by atoms with van der Waals surface area (Å²) in [6.45, 7) is 3.57. The molecule has 0 aliphatic carbocycles. The van der Waals surface area contributed by atoms with Gasteiger partial charge >= 0.3 is 5.97 Å². The number of carbonyl (C=O) groups is 1. The molecule has 0 saturated carbocycles. The van der Waals surface area contributed by atoms with E-state index in [1.165, 1.54) is 109 Å². The molecule has 0 spiro atoms. The average molecular weight is 985 g/mol. The van der Waals surface area contributed by atoms with E-state index in [9.17, 15) is 40.5 Å². The van der Waals surface area contributed by atoms with Crippen molar-refractivity contribution in [2.75, 3.05) is 33.0 Å². The van der Waals surface area contributed by atoms with E-state index in [-0.39, 0.29) is 25.6 Å². The SMILES string of the molecule is CC/C=C\C/C=C\C/C=C\CCCCCCCCOCC(COC1OC(COC2OC(CO)C(O)C(O)C2O)C(O)C(O)C1O)OC(=O)CCCCCCCCCCCCCCCCCCCCC. The molecule has 404 valence electrons.